The first-order valence-corrected chi connectivity index (χ1v) is 7.83. The van der Waals surface area contributed by atoms with Gasteiger partial charge in [0, 0.05) is 17.9 Å². The van der Waals surface area contributed by atoms with Crippen molar-refractivity contribution in [2.45, 2.75) is 24.4 Å². The number of fused-ring (bicyclic) bond motifs is 1. The van der Waals surface area contributed by atoms with Crippen LogP contribution in [0.15, 0.2) is 29.7 Å². The summed E-state index contributed by atoms with van der Waals surface area (Å²) in [7, 11) is 0. The van der Waals surface area contributed by atoms with Crippen LogP contribution in [0.2, 0.25) is 0 Å². The van der Waals surface area contributed by atoms with Crippen LogP contribution in [0.5, 0.6) is 5.75 Å². The summed E-state index contributed by atoms with van der Waals surface area (Å²) >= 11 is 1.63. The van der Waals surface area contributed by atoms with E-state index in [4.69, 9.17) is 4.74 Å². The third-order valence-corrected chi connectivity index (χ3v) is 4.12. The van der Waals surface area contributed by atoms with E-state index in [2.05, 4.69) is 20.5 Å². The van der Waals surface area contributed by atoms with E-state index in [1.807, 2.05) is 18.2 Å². The van der Waals surface area contributed by atoms with Crippen LogP contribution in [0.4, 0.5) is 5.69 Å². The summed E-state index contributed by atoms with van der Waals surface area (Å²) in [5.41, 5.74) is 2.04. The highest BCUT2D eigenvalue weighted by atomic mass is 32.2. The van der Waals surface area contributed by atoms with Gasteiger partial charge in [-0.3, -0.25) is 9.89 Å². The van der Waals surface area contributed by atoms with Gasteiger partial charge in [0.05, 0.1) is 6.61 Å². The molecule has 0 spiro atoms. The Balaban J connectivity index is 1.44. The van der Waals surface area contributed by atoms with Gasteiger partial charge in [-0.2, -0.15) is 5.10 Å². The molecule has 1 aromatic carbocycles. The zero-order valence-corrected chi connectivity index (χ0v) is 12.3. The van der Waals surface area contributed by atoms with Gasteiger partial charge >= 0.3 is 0 Å². The maximum Gasteiger partial charge on any atom is 0.224 e. The largest absolute Gasteiger partial charge is 0.494 e. The molecule has 1 aromatic heterocycles. The van der Waals surface area contributed by atoms with Gasteiger partial charge < -0.3 is 10.1 Å². The average molecular weight is 304 g/mol. The molecule has 0 bridgehead atoms. The van der Waals surface area contributed by atoms with Crippen molar-refractivity contribution in [3.8, 4) is 5.75 Å². The van der Waals surface area contributed by atoms with E-state index in [9.17, 15) is 4.79 Å². The van der Waals surface area contributed by atoms with Crippen molar-refractivity contribution in [1.82, 2.24) is 15.2 Å². The van der Waals surface area contributed by atoms with Crippen LogP contribution in [-0.2, 0) is 11.2 Å². The molecule has 0 fully saturated rings. The summed E-state index contributed by atoms with van der Waals surface area (Å²) < 4.78 is 5.75. The number of nitrogens with zero attached hydrogens (tertiary/aromatic N) is 2. The number of carbonyl (C=O) groups is 1. The summed E-state index contributed by atoms with van der Waals surface area (Å²) in [6.45, 7) is 0.659. The van der Waals surface area contributed by atoms with Crippen LogP contribution in [0.1, 0.15) is 18.4 Å². The standard InChI is InChI=1S/C14H16N4O2S/c19-13-5-2-10-8-11(3-4-12(10)17-13)20-6-1-7-21-14-15-9-16-18-14/h3-4,8-9H,1-2,5-7H2,(H,17,19)(H,15,16,18). The van der Waals surface area contributed by atoms with Crippen molar-refractivity contribution in [2.24, 2.45) is 0 Å². The number of thioether (sulfide) groups is 1. The fourth-order valence-electron chi connectivity index (χ4n) is 2.13. The minimum absolute atomic E-state index is 0.0839. The molecule has 0 saturated carbocycles. The SMILES string of the molecule is O=C1CCc2cc(OCCCSc3ncn[nH]3)ccc2N1. The molecule has 6 nitrogen and oxygen atoms in total. The molecular formula is C14H16N4O2S. The number of nitrogens with one attached hydrogen (secondary N) is 2. The van der Waals surface area contributed by atoms with Gasteiger partial charge in [0.15, 0.2) is 5.16 Å². The second-order valence-electron chi connectivity index (χ2n) is 4.71. The predicted octanol–water partition coefficient (Wildman–Crippen LogP) is 2.25. The summed E-state index contributed by atoms with van der Waals surface area (Å²) in [6.07, 6.45) is 3.76. The molecule has 0 aliphatic carbocycles. The minimum Gasteiger partial charge on any atom is -0.494 e. The third kappa shape index (κ3) is 3.75. The molecule has 0 unspecified atom stereocenters. The van der Waals surface area contributed by atoms with E-state index in [-0.39, 0.29) is 5.91 Å². The van der Waals surface area contributed by atoms with Gasteiger partial charge in [-0.15, -0.1) is 0 Å². The Morgan fingerprint density at radius 2 is 2.29 bits per heavy atom. The molecule has 0 radical (unpaired) electrons. The van der Waals surface area contributed by atoms with Crippen molar-refractivity contribution in [2.75, 3.05) is 17.7 Å². The Bertz CT molecular complexity index is 615. The number of aromatic nitrogens is 3. The van der Waals surface area contributed by atoms with Crippen molar-refractivity contribution in [3.05, 3.63) is 30.1 Å². The third-order valence-electron chi connectivity index (χ3n) is 3.16. The Morgan fingerprint density at radius 3 is 3.14 bits per heavy atom. The smallest absolute Gasteiger partial charge is 0.224 e. The highest BCUT2D eigenvalue weighted by Gasteiger charge is 2.14. The fourth-order valence-corrected chi connectivity index (χ4v) is 2.83. The van der Waals surface area contributed by atoms with Gasteiger partial charge in [0.2, 0.25) is 5.91 Å². The predicted molar refractivity (Wildman–Crippen MR) is 80.6 cm³/mol. The van der Waals surface area contributed by atoms with Gasteiger partial charge in [0.1, 0.15) is 12.1 Å². The Hall–Kier alpha value is -2.02. The second kappa shape index (κ2) is 6.62. The van der Waals surface area contributed by atoms with E-state index >= 15 is 0 Å². The maximum absolute atomic E-state index is 11.3. The van der Waals surface area contributed by atoms with Crippen molar-refractivity contribution in [1.29, 1.82) is 0 Å². The zero-order valence-electron chi connectivity index (χ0n) is 11.5. The Kier molecular flexibility index (Phi) is 4.40. The topological polar surface area (TPSA) is 79.9 Å². The number of anilines is 1. The lowest BCUT2D eigenvalue weighted by Crippen LogP contribution is -2.18. The first-order valence-electron chi connectivity index (χ1n) is 6.85. The molecule has 110 valence electrons. The first kappa shape index (κ1) is 13.9. The number of aromatic amines is 1. The molecule has 1 aliphatic rings. The summed E-state index contributed by atoms with van der Waals surface area (Å²) in [6, 6.07) is 5.82. The molecular weight excluding hydrogens is 288 g/mol. The normalized spacial score (nSPS) is 13.6. The lowest BCUT2D eigenvalue weighted by Gasteiger charge is -2.17. The van der Waals surface area contributed by atoms with Crippen LogP contribution in [0.25, 0.3) is 0 Å². The monoisotopic (exact) mass is 304 g/mol. The molecule has 21 heavy (non-hydrogen) atoms. The summed E-state index contributed by atoms with van der Waals surface area (Å²) in [5.74, 6) is 1.87. The van der Waals surface area contributed by atoms with Crippen LogP contribution < -0.4 is 10.1 Å². The van der Waals surface area contributed by atoms with Crippen molar-refractivity contribution >= 4 is 23.4 Å². The van der Waals surface area contributed by atoms with Gasteiger partial charge in [0.25, 0.3) is 0 Å². The lowest BCUT2D eigenvalue weighted by molar-refractivity contribution is -0.116. The number of hydrogen-bond acceptors (Lipinski definition) is 5. The number of ether oxygens (including phenoxy) is 1. The summed E-state index contributed by atoms with van der Waals surface area (Å²) in [5, 5.41) is 10.3. The first-order chi connectivity index (χ1) is 10.3. The minimum atomic E-state index is 0.0839. The van der Waals surface area contributed by atoms with Gasteiger partial charge in [-0.05, 0) is 36.6 Å². The lowest BCUT2D eigenvalue weighted by atomic mass is 10.0. The molecule has 2 heterocycles. The van der Waals surface area contributed by atoms with E-state index in [0.29, 0.717) is 13.0 Å². The van der Waals surface area contributed by atoms with Crippen molar-refractivity contribution in [3.63, 3.8) is 0 Å². The number of amides is 1. The molecule has 2 N–H and O–H groups in total. The molecule has 1 aliphatic heterocycles. The van der Waals surface area contributed by atoms with E-state index in [1.54, 1.807) is 11.8 Å². The van der Waals surface area contributed by atoms with Gasteiger partial charge in [-0.1, -0.05) is 11.8 Å². The van der Waals surface area contributed by atoms with Crippen LogP contribution in [-0.4, -0.2) is 33.4 Å². The highest BCUT2D eigenvalue weighted by Crippen LogP contribution is 2.26. The van der Waals surface area contributed by atoms with Crippen LogP contribution in [0.3, 0.4) is 0 Å². The second-order valence-corrected chi connectivity index (χ2v) is 5.79. The average Bonchev–Trinajstić information content (AvgIpc) is 3.00. The number of H-pyrrole nitrogens is 1. The number of aryl methyl sites for hydroxylation is 1. The number of benzene rings is 1. The number of hydrogen-bond donors (Lipinski definition) is 2. The number of rotatable bonds is 6. The van der Waals surface area contributed by atoms with E-state index in [0.717, 1.165) is 40.8 Å². The Morgan fingerprint density at radius 1 is 1.33 bits per heavy atom. The molecule has 2 aromatic rings. The van der Waals surface area contributed by atoms with Gasteiger partial charge in [-0.25, -0.2) is 4.98 Å². The zero-order chi connectivity index (χ0) is 14.5. The van der Waals surface area contributed by atoms with Crippen LogP contribution in [0, 0.1) is 0 Å². The number of carbonyl (C=O) groups excluding carboxylic acids is 1. The molecule has 7 heteroatoms. The Labute approximate surface area is 126 Å². The summed E-state index contributed by atoms with van der Waals surface area (Å²) in [4.78, 5) is 15.3. The van der Waals surface area contributed by atoms with Crippen molar-refractivity contribution < 1.29 is 9.53 Å². The van der Waals surface area contributed by atoms with E-state index in [1.165, 1.54) is 6.33 Å². The van der Waals surface area contributed by atoms with E-state index < -0.39 is 0 Å². The van der Waals surface area contributed by atoms with Crippen LogP contribution >= 0.6 is 11.8 Å². The molecule has 0 saturated heterocycles. The molecule has 1 amide bonds. The highest BCUT2D eigenvalue weighted by molar-refractivity contribution is 7.99. The maximum atomic E-state index is 11.3. The molecule has 0 atom stereocenters. The quantitative estimate of drug-likeness (QED) is 0.632. The fraction of sp³-hybridized carbons (Fsp3) is 0.357. The molecule has 3 rings (SSSR count).